The van der Waals surface area contributed by atoms with Crippen molar-refractivity contribution in [3.8, 4) is 0 Å². The van der Waals surface area contributed by atoms with Crippen LogP contribution in [0.15, 0.2) is 29.2 Å². The molecule has 1 aromatic carbocycles. The fourth-order valence-corrected chi connectivity index (χ4v) is 3.48. The first-order valence-corrected chi connectivity index (χ1v) is 6.43. The molecule has 80 valence electrons. The zero-order chi connectivity index (χ0) is 11.1. The summed E-state index contributed by atoms with van der Waals surface area (Å²) in [6, 6.07) is 6.01. The molecular formula is C10H9ClO3S. The maximum atomic E-state index is 11.9. The lowest BCUT2D eigenvalue weighted by molar-refractivity contribution is -0.108. The molecule has 1 aliphatic carbocycles. The monoisotopic (exact) mass is 244 g/mol. The Balaban J connectivity index is 2.31. The summed E-state index contributed by atoms with van der Waals surface area (Å²) in [5.74, 6) is -0.328. The van der Waals surface area contributed by atoms with E-state index in [2.05, 4.69) is 0 Å². The number of carbonyl (C=O) groups excluding carboxylic acids is 1. The van der Waals surface area contributed by atoms with Crippen molar-refractivity contribution in [2.75, 3.05) is 0 Å². The molecular weight excluding hydrogens is 236 g/mol. The Morgan fingerprint density at radius 3 is 2.33 bits per heavy atom. The number of carbonyl (C=O) groups is 1. The second kappa shape index (κ2) is 3.61. The van der Waals surface area contributed by atoms with Crippen molar-refractivity contribution >= 4 is 27.7 Å². The largest absolute Gasteiger partial charge is 0.303 e. The van der Waals surface area contributed by atoms with Gasteiger partial charge < -0.3 is 4.79 Å². The SMILES string of the molecule is O=C[C@@H]1C[C@H]1S(=O)(=O)c1ccc(Cl)cc1. The number of hydrogen-bond donors (Lipinski definition) is 0. The van der Waals surface area contributed by atoms with Gasteiger partial charge in [0.2, 0.25) is 0 Å². The molecule has 0 unspecified atom stereocenters. The molecule has 0 spiro atoms. The van der Waals surface area contributed by atoms with Crippen LogP contribution in [0.25, 0.3) is 0 Å². The van der Waals surface area contributed by atoms with E-state index >= 15 is 0 Å². The molecule has 0 amide bonds. The van der Waals surface area contributed by atoms with Gasteiger partial charge in [-0.1, -0.05) is 11.6 Å². The normalized spacial score (nSPS) is 24.9. The van der Waals surface area contributed by atoms with E-state index in [-0.39, 0.29) is 10.8 Å². The van der Waals surface area contributed by atoms with Gasteiger partial charge in [0.25, 0.3) is 0 Å². The Hall–Kier alpha value is -0.870. The first-order valence-electron chi connectivity index (χ1n) is 4.50. The third kappa shape index (κ3) is 1.92. The van der Waals surface area contributed by atoms with E-state index < -0.39 is 15.1 Å². The molecule has 0 aliphatic heterocycles. The number of aldehydes is 1. The minimum absolute atomic E-state index is 0.237. The van der Waals surface area contributed by atoms with Gasteiger partial charge in [-0.05, 0) is 30.7 Å². The summed E-state index contributed by atoms with van der Waals surface area (Å²) in [5.41, 5.74) is 0. The summed E-state index contributed by atoms with van der Waals surface area (Å²) in [6.45, 7) is 0. The lowest BCUT2D eigenvalue weighted by Crippen LogP contribution is -2.09. The second-order valence-corrected chi connectivity index (χ2v) is 6.18. The predicted octanol–water partition coefficient (Wildman–Crippen LogP) is 1.70. The van der Waals surface area contributed by atoms with Crippen molar-refractivity contribution in [2.45, 2.75) is 16.6 Å². The summed E-state index contributed by atoms with van der Waals surface area (Å²) in [6.07, 6.45) is 1.15. The average Bonchev–Trinajstić information content (AvgIpc) is 2.98. The fraction of sp³-hybridized carbons (Fsp3) is 0.300. The summed E-state index contributed by atoms with van der Waals surface area (Å²) in [7, 11) is -3.33. The quantitative estimate of drug-likeness (QED) is 0.761. The number of hydrogen-bond acceptors (Lipinski definition) is 3. The van der Waals surface area contributed by atoms with E-state index in [0.717, 1.165) is 0 Å². The molecule has 0 aromatic heterocycles. The molecule has 0 heterocycles. The van der Waals surface area contributed by atoms with Crippen LogP contribution in [0.5, 0.6) is 0 Å². The third-order valence-corrected chi connectivity index (χ3v) is 5.01. The van der Waals surface area contributed by atoms with Gasteiger partial charge in [0.05, 0.1) is 10.1 Å². The van der Waals surface area contributed by atoms with Crippen LogP contribution in [-0.4, -0.2) is 20.0 Å². The highest BCUT2D eigenvalue weighted by molar-refractivity contribution is 7.92. The van der Waals surface area contributed by atoms with Crippen LogP contribution in [0.3, 0.4) is 0 Å². The van der Waals surface area contributed by atoms with Crippen molar-refractivity contribution in [3.05, 3.63) is 29.3 Å². The number of rotatable bonds is 3. The summed E-state index contributed by atoms with van der Waals surface area (Å²) >= 11 is 5.66. The maximum absolute atomic E-state index is 11.9. The Bertz CT molecular complexity index is 478. The maximum Gasteiger partial charge on any atom is 0.181 e. The molecule has 2 atom stereocenters. The third-order valence-electron chi connectivity index (χ3n) is 2.49. The van der Waals surface area contributed by atoms with Gasteiger partial charge in [0, 0.05) is 10.9 Å². The van der Waals surface area contributed by atoms with Gasteiger partial charge in [-0.3, -0.25) is 0 Å². The first-order chi connectivity index (χ1) is 7.05. The summed E-state index contributed by atoms with van der Waals surface area (Å²) in [4.78, 5) is 10.7. The first kappa shape index (κ1) is 10.6. The molecule has 1 saturated carbocycles. The topological polar surface area (TPSA) is 51.2 Å². The highest BCUT2D eigenvalue weighted by atomic mass is 35.5. The number of sulfone groups is 1. The molecule has 0 bridgehead atoms. The summed E-state index contributed by atoms with van der Waals surface area (Å²) in [5, 5.41) is -0.0344. The molecule has 1 fully saturated rings. The highest BCUT2D eigenvalue weighted by Crippen LogP contribution is 2.39. The van der Waals surface area contributed by atoms with Gasteiger partial charge in [-0.15, -0.1) is 0 Å². The van der Waals surface area contributed by atoms with Crippen LogP contribution in [0.1, 0.15) is 6.42 Å². The molecule has 0 N–H and O–H groups in total. The van der Waals surface area contributed by atoms with Gasteiger partial charge >= 0.3 is 0 Å². The van der Waals surface area contributed by atoms with E-state index in [4.69, 9.17) is 11.6 Å². The van der Waals surface area contributed by atoms with Crippen molar-refractivity contribution in [2.24, 2.45) is 5.92 Å². The van der Waals surface area contributed by atoms with Crippen LogP contribution in [0.4, 0.5) is 0 Å². The molecule has 2 rings (SSSR count). The van der Waals surface area contributed by atoms with Crippen LogP contribution in [-0.2, 0) is 14.6 Å². The molecule has 5 heteroatoms. The Morgan fingerprint density at radius 2 is 1.87 bits per heavy atom. The van der Waals surface area contributed by atoms with Gasteiger partial charge in [0.1, 0.15) is 6.29 Å². The Labute approximate surface area is 93.0 Å². The van der Waals surface area contributed by atoms with E-state index in [1.807, 2.05) is 0 Å². The zero-order valence-electron chi connectivity index (χ0n) is 7.76. The molecule has 3 nitrogen and oxygen atoms in total. The minimum atomic E-state index is -3.33. The fourth-order valence-electron chi connectivity index (χ4n) is 1.49. The van der Waals surface area contributed by atoms with Crippen LogP contribution in [0, 0.1) is 5.92 Å². The molecule has 0 radical (unpaired) electrons. The molecule has 15 heavy (non-hydrogen) atoms. The van der Waals surface area contributed by atoms with Crippen molar-refractivity contribution in [1.29, 1.82) is 0 Å². The van der Waals surface area contributed by atoms with E-state index in [9.17, 15) is 13.2 Å². The molecule has 1 aromatic rings. The van der Waals surface area contributed by atoms with Crippen LogP contribution in [0.2, 0.25) is 5.02 Å². The van der Waals surface area contributed by atoms with Gasteiger partial charge in [0.15, 0.2) is 9.84 Å². The van der Waals surface area contributed by atoms with Crippen molar-refractivity contribution in [1.82, 2.24) is 0 Å². The van der Waals surface area contributed by atoms with Crippen LogP contribution < -0.4 is 0 Å². The second-order valence-electron chi connectivity index (χ2n) is 3.57. The van der Waals surface area contributed by atoms with Crippen molar-refractivity contribution < 1.29 is 13.2 Å². The smallest absolute Gasteiger partial charge is 0.181 e. The van der Waals surface area contributed by atoms with E-state index in [1.54, 1.807) is 0 Å². The van der Waals surface area contributed by atoms with Crippen molar-refractivity contribution in [3.63, 3.8) is 0 Å². The predicted molar refractivity (Wildman–Crippen MR) is 56.6 cm³/mol. The standard InChI is InChI=1S/C10H9ClO3S/c11-8-1-3-9(4-2-8)15(13,14)10-5-7(10)6-12/h1-4,6-7,10H,5H2/t7-,10+/m0/s1. The highest BCUT2D eigenvalue weighted by Gasteiger charge is 2.47. The summed E-state index contributed by atoms with van der Waals surface area (Å²) < 4.78 is 23.7. The zero-order valence-corrected chi connectivity index (χ0v) is 9.33. The Morgan fingerprint density at radius 1 is 1.27 bits per heavy atom. The Kier molecular flexibility index (Phi) is 2.56. The minimum Gasteiger partial charge on any atom is -0.303 e. The van der Waals surface area contributed by atoms with E-state index in [1.165, 1.54) is 24.3 Å². The molecule has 1 aliphatic rings. The van der Waals surface area contributed by atoms with Gasteiger partial charge in [-0.25, -0.2) is 8.42 Å². The van der Waals surface area contributed by atoms with Crippen LogP contribution >= 0.6 is 11.6 Å². The lowest BCUT2D eigenvalue weighted by atomic mass is 10.4. The number of benzene rings is 1. The lowest BCUT2D eigenvalue weighted by Gasteiger charge is -2.02. The number of halogens is 1. The van der Waals surface area contributed by atoms with E-state index in [0.29, 0.717) is 17.7 Å². The molecule has 0 saturated heterocycles. The average molecular weight is 245 g/mol. The van der Waals surface area contributed by atoms with Gasteiger partial charge in [-0.2, -0.15) is 0 Å².